The molecule has 0 spiro atoms. The summed E-state index contributed by atoms with van der Waals surface area (Å²) in [6, 6.07) is 17.6. The molecule has 8 nitrogen and oxygen atoms in total. The van der Waals surface area contributed by atoms with Crippen LogP contribution in [0, 0.1) is 6.92 Å². The highest BCUT2D eigenvalue weighted by Gasteiger charge is 2.29. The van der Waals surface area contributed by atoms with Crippen molar-refractivity contribution in [3.05, 3.63) is 98.3 Å². The van der Waals surface area contributed by atoms with E-state index in [1.807, 2.05) is 0 Å². The van der Waals surface area contributed by atoms with Gasteiger partial charge in [0, 0.05) is 29.2 Å². The molecule has 38 heavy (non-hydrogen) atoms. The number of aromatic amines is 2. The molecule has 0 aliphatic rings. The van der Waals surface area contributed by atoms with Crippen molar-refractivity contribution in [3.8, 4) is 5.75 Å². The maximum absolute atomic E-state index is 11.7. The van der Waals surface area contributed by atoms with Gasteiger partial charge in [0.2, 0.25) is 5.79 Å². The Morgan fingerprint density at radius 3 is 2.50 bits per heavy atom. The summed E-state index contributed by atoms with van der Waals surface area (Å²) < 4.78 is 0.336. The standard InChI is InChI=1S/C29H32N4O4S/c1-18-3-2-4-22-21(16-32-25(18)22)12-14-30-15-20-7-5-19(6-8-20)11-13-31-17-29(36,37)23-9-10-24(34)26-27(23)38-28(35)33-26/h2-10,16,30-32,34,36-37H,11-15,17H2,1H3,(H,33,35). The number of hydrogen-bond acceptors (Lipinski definition) is 7. The fraction of sp³-hybridized carbons (Fsp3) is 0.276. The van der Waals surface area contributed by atoms with Crippen molar-refractivity contribution in [1.82, 2.24) is 20.6 Å². The van der Waals surface area contributed by atoms with Gasteiger partial charge in [-0.3, -0.25) is 4.79 Å². The van der Waals surface area contributed by atoms with Crippen molar-refractivity contribution in [3.63, 3.8) is 0 Å². The van der Waals surface area contributed by atoms with E-state index in [0.717, 1.165) is 42.8 Å². The van der Waals surface area contributed by atoms with Crippen LogP contribution in [0.3, 0.4) is 0 Å². The monoisotopic (exact) mass is 532 g/mol. The SMILES string of the molecule is Cc1cccc2c(CCNCc3ccc(CCNCC(O)(O)c4ccc(O)c5[nH]c(=O)sc45)cc3)c[nH]c12. The van der Waals surface area contributed by atoms with Crippen LogP contribution in [0.2, 0.25) is 0 Å². The number of para-hydroxylation sites is 1. The normalized spacial score (nSPS) is 12.1. The van der Waals surface area contributed by atoms with E-state index in [2.05, 4.69) is 76.2 Å². The molecule has 198 valence electrons. The van der Waals surface area contributed by atoms with E-state index in [1.165, 1.54) is 39.7 Å². The summed E-state index contributed by atoms with van der Waals surface area (Å²) in [6.45, 7) is 4.25. The Morgan fingerprint density at radius 2 is 1.68 bits per heavy atom. The molecule has 3 aromatic carbocycles. The van der Waals surface area contributed by atoms with Gasteiger partial charge in [-0.15, -0.1) is 0 Å². The quantitative estimate of drug-likeness (QED) is 0.103. The van der Waals surface area contributed by atoms with Gasteiger partial charge < -0.3 is 35.9 Å². The number of phenols is 1. The summed E-state index contributed by atoms with van der Waals surface area (Å²) in [7, 11) is 0. The number of fused-ring (bicyclic) bond motifs is 2. The van der Waals surface area contributed by atoms with E-state index in [1.54, 1.807) is 0 Å². The largest absolute Gasteiger partial charge is 0.506 e. The number of hydrogen-bond donors (Lipinski definition) is 7. The second-order valence-electron chi connectivity index (χ2n) is 9.65. The van der Waals surface area contributed by atoms with Gasteiger partial charge in [-0.25, -0.2) is 0 Å². The van der Waals surface area contributed by atoms with Crippen LogP contribution in [-0.2, 0) is 25.2 Å². The predicted molar refractivity (Wildman–Crippen MR) is 152 cm³/mol. The molecule has 5 rings (SSSR count). The second kappa shape index (κ2) is 11.1. The summed E-state index contributed by atoms with van der Waals surface area (Å²) >= 11 is 0.839. The minimum Gasteiger partial charge on any atom is -0.506 e. The lowest BCUT2D eigenvalue weighted by Crippen LogP contribution is -2.38. The molecule has 2 aromatic heterocycles. The van der Waals surface area contributed by atoms with Gasteiger partial charge in [0.15, 0.2) is 0 Å². The van der Waals surface area contributed by atoms with Gasteiger partial charge in [-0.2, -0.15) is 0 Å². The molecule has 9 heteroatoms. The fourth-order valence-corrected chi connectivity index (χ4v) is 5.71. The number of benzene rings is 3. The molecule has 2 heterocycles. The first kappa shape index (κ1) is 26.1. The smallest absolute Gasteiger partial charge is 0.305 e. The average Bonchev–Trinajstić information content (AvgIpc) is 3.50. The molecule has 0 saturated heterocycles. The van der Waals surface area contributed by atoms with Crippen LogP contribution >= 0.6 is 11.3 Å². The van der Waals surface area contributed by atoms with Gasteiger partial charge in [0.05, 0.1) is 11.2 Å². The van der Waals surface area contributed by atoms with Crippen molar-refractivity contribution in [1.29, 1.82) is 0 Å². The number of thiazole rings is 1. The van der Waals surface area contributed by atoms with Crippen molar-refractivity contribution >= 4 is 32.5 Å². The first-order chi connectivity index (χ1) is 18.3. The molecule has 0 unspecified atom stereocenters. The Labute approximate surface area is 224 Å². The van der Waals surface area contributed by atoms with Crippen LogP contribution in [0.5, 0.6) is 5.75 Å². The maximum atomic E-state index is 11.7. The Balaban J connectivity index is 1.07. The third-order valence-corrected chi connectivity index (χ3v) is 7.80. The molecule has 0 fully saturated rings. The highest BCUT2D eigenvalue weighted by molar-refractivity contribution is 7.16. The molecular weight excluding hydrogens is 500 g/mol. The van der Waals surface area contributed by atoms with E-state index >= 15 is 0 Å². The van der Waals surface area contributed by atoms with Gasteiger partial charge in [0.25, 0.3) is 0 Å². The zero-order chi connectivity index (χ0) is 26.7. The number of nitrogens with one attached hydrogen (secondary N) is 4. The van der Waals surface area contributed by atoms with Gasteiger partial charge >= 0.3 is 4.87 Å². The van der Waals surface area contributed by atoms with E-state index in [0.29, 0.717) is 11.2 Å². The minimum absolute atomic E-state index is 0.103. The van der Waals surface area contributed by atoms with E-state index in [4.69, 9.17) is 0 Å². The number of aromatic nitrogens is 2. The Morgan fingerprint density at radius 1 is 0.921 bits per heavy atom. The van der Waals surface area contributed by atoms with Crippen LogP contribution in [0.25, 0.3) is 21.1 Å². The molecule has 7 N–H and O–H groups in total. The van der Waals surface area contributed by atoms with E-state index < -0.39 is 5.79 Å². The number of aliphatic hydroxyl groups is 2. The van der Waals surface area contributed by atoms with E-state index in [9.17, 15) is 20.1 Å². The van der Waals surface area contributed by atoms with Crippen LogP contribution in [0.4, 0.5) is 0 Å². The fourth-order valence-electron chi connectivity index (χ4n) is 4.78. The second-order valence-corrected chi connectivity index (χ2v) is 10.6. The lowest BCUT2D eigenvalue weighted by molar-refractivity contribution is -0.164. The lowest BCUT2D eigenvalue weighted by Gasteiger charge is -2.23. The molecule has 0 bridgehead atoms. The first-order valence-corrected chi connectivity index (χ1v) is 13.5. The molecule has 0 aliphatic heterocycles. The molecular formula is C29H32N4O4S. The third-order valence-electron chi connectivity index (χ3n) is 6.88. The van der Waals surface area contributed by atoms with Gasteiger partial charge in [0.1, 0.15) is 11.3 Å². The molecule has 0 aliphatic carbocycles. The Bertz CT molecular complexity index is 1600. The van der Waals surface area contributed by atoms with Gasteiger partial charge in [-0.05, 0) is 67.2 Å². The maximum Gasteiger partial charge on any atom is 0.305 e. The third kappa shape index (κ3) is 5.67. The van der Waals surface area contributed by atoms with Crippen LogP contribution in [-0.4, -0.2) is 44.9 Å². The Kier molecular flexibility index (Phi) is 7.64. The van der Waals surface area contributed by atoms with Crippen molar-refractivity contribution in [2.45, 2.75) is 32.1 Å². The van der Waals surface area contributed by atoms with Crippen molar-refractivity contribution in [2.24, 2.45) is 0 Å². The van der Waals surface area contributed by atoms with Crippen LogP contribution in [0.15, 0.2) is 65.6 Å². The summed E-state index contributed by atoms with van der Waals surface area (Å²) in [6.07, 6.45) is 3.79. The summed E-state index contributed by atoms with van der Waals surface area (Å²) in [5.74, 6) is -2.29. The first-order valence-electron chi connectivity index (χ1n) is 12.7. The molecule has 0 atom stereocenters. The predicted octanol–water partition coefficient (Wildman–Crippen LogP) is 3.39. The topological polar surface area (TPSA) is 133 Å². The van der Waals surface area contributed by atoms with E-state index in [-0.39, 0.29) is 28.2 Å². The summed E-state index contributed by atoms with van der Waals surface area (Å²) in [5, 5.41) is 39.1. The number of aryl methyl sites for hydroxylation is 1. The zero-order valence-electron chi connectivity index (χ0n) is 21.2. The number of H-pyrrole nitrogens is 2. The highest BCUT2D eigenvalue weighted by Crippen LogP contribution is 2.33. The number of rotatable bonds is 11. The molecule has 5 aromatic rings. The zero-order valence-corrected chi connectivity index (χ0v) is 22.0. The van der Waals surface area contributed by atoms with Crippen LogP contribution < -0.4 is 15.5 Å². The van der Waals surface area contributed by atoms with Crippen molar-refractivity contribution in [2.75, 3.05) is 19.6 Å². The number of aromatic hydroxyl groups is 1. The number of phenolic OH excluding ortho intramolecular Hbond substituents is 1. The summed E-state index contributed by atoms with van der Waals surface area (Å²) in [5.41, 5.74) is 6.56. The summed E-state index contributed by atoms with van der Waals surface area (Å²) in [4.78, 5) is 17.3. The minimum atomic E-state index is -2.18. The molecule has 0 radical (unpaired) electrons. The Hall–Kier alpha value is -3.47. The molecule has 0 saturated carbocycles. The lowest BCUT2D eigenvalue weighted by atomic mass is 10.0. The van der Waals surface area contributed by atoms with Crippen LogP contribution in [0.1, 0.15) is 27.8 Å². The highest BCUT2D eigenvalue weighted by atomic mass is 32.1. The van der Waals surface area contributed by atoms with Gasteiger partial charge in [-0.1, -0.05) is 53.8 Å². The average molecular weight is 533 g/mol. The van der Waals surface area contributed by atoms with Crippen molar-refractivity contribution < 1.29 is 15.3 Å². The molecule has 0 amide bonds.